The Labute approximate surface area is 102 Å². The first-order valence-corrected chi connectivity index (χ1v) is 6.16. The van der Waals surface area contributed by atoms with E-state index in [2.05, 4.69) is 12.2 Å². The molecule has 1 rings (SSSR count). The van der Waals surface area contributed by atoms with E-state index in [0.29, 0.717) is 12.3 Å². The largest absolute Gasteiger partial charge is 0.326 e. The van der Waals surface area contributed by atoms with E-state index in [9.17, 15) is 4.79 Å². The van der Waals surface area contributed by atoms with Crippen molar-refractivity contribution in [3.8, 4) is 0 Å². The van der Waals surface area contributed by atoms with Crippen molar-refractivity contribution in [3.63, 3.8) is 0 Å². The SMILES string of the molecule is CCc1cccc(C)c1NC(=O)CCCCl. The number of carbonyl (C=O) groups is 1. The number of benzene rings is 1. The van der Waals surface area contributed by atoms with Crippen molar-refractivity contribution in [2.45, 2.75) is 33.1 Å². The topological polar surface area (TPSA) is 29.1 Å². The number of nitrogens with one attached hydrogen (secondary N) is 1. The van der Waals surface area contributed by atoms with Crippen LogP contribution in [0.4, 0.5) is 5.69 Å². The van der Waals surface area contributed by atoms with Crippen LogP contribution in [0.25, 0.3) is 0 Å². The van der Waals surface area contributed by atoms with Gasteiger partial charge in [0, 0.05) is 18.0 Å². The molecule has 0 aliphatic rings. The highest BCUT2D eigenvalue weighted by atomic mass is 35.5. The van der Waals surface area contributed by atoms with Gasteiger partial charge in [-0.25, -0.2) is 0 Å². The third kappa shape index (κ3) is 3.53. The van der Waals surface area contributed by atoms with Gasteiger partial charge in [-0.2, -0.15) is 0 Å². The standard InChI is InChI=1S/C13H18ClNO/c1-3-11-7-4-6-10(2)13(11)15-12(16)8-5-9-14/h4,6-7H,3,5,8-9H2,1-2H3,(H,15,16). The second-order valence-corrected chi connectivity index (χ2v) is 4.18. The molecule has 1 aromatic carbocycles. The number of carbonyl (C=O) groups excluding carboxylic acids is 1. The molecule has 0 bridgehead atoms. The molecule has 0 aliphatic heterocycles. The van der Waals surface area contributed by atoms with Crippen molar-refractivity contribution in [1.82, 2.24) is 0 Å². The molecule has 16 heavy (non-hydrogen) atoms. The summed E-state index contributed by atoms with van der Waals surface area (Å²) in [6.07, 6.45) is 2.13. The smallest absolute Gasteiger partial charge is 0.224 e. The molecule has 0 spiro atoms. The molecule has 0 radical (unpaired) electrons. The first-order valence-electron chi connectivity index (χ1n) is 5.63. The maximum atomic E-state index is 11.6. The average molecular weight is 240 g/mol. The molecule has 1 aromatic rings. The number of hydrogen-bond acceptors (Lipinski definition) is 1. The molecule has 0 heterocycles. The van der Waals surface area contributed by atoms with Gasteiger partial charge in [0.1, 0.15) is 0 Å². The predicted molar refractivity (Wildman–Crippen MR) is 69.1 cm³/mol. The van der Waals surface area contributed by atoms with Gasteiger partial charge in [0.15, 0.2) is 0 Å². The molecular formula is C13H18ClNO. The summed E-state index contributed by atoms with van der Waals surface area (Å²) in [5, 5.41) is 2.97. The van der Waals surface area contributed by atoms with E-state index in [1.54, 1.807) is 0 Å². The Balaban J connectivity index is 2.75. The highest BCUT2D eigenvalue weighted by Crippen LogP contribution is 2.21. The zero-order valence-corrected chi connectivity index (χ0v) is 10.6. The number of alkyl halides is 1. The van der Waals surface area contributed by atoms with Crippen LogP contribution in [0.5, 0.6) is 0 Å². The molecule has 0 aliphatic carbocycles. The third-order valence-electron chi connectivity index (χ3n) is 2.54. The Hall–Kier alpha value is -1.02. The fourth-order valence-electron chi connectivity index (χ4n) is 1.63. The second kappa shape index (κ2) is 6.54. The van der Waals surface area contributed by atoms with E-state index in [1.807, 2.05) is 25.1 Å². The van der Waals surface area contributed by atoms with Crippen LogP contribution in [-0.2, 0) is 11.2 Å². The van der Waals surface area contributed by atoms with Crippen LogP contribution in [0.15, 0.2) is 18.2 Å². The summed E-state index contributed by atoms with van der Waals surface area (Å²) in [6.45, 7) is 4.10. The average Bonchev–Trinajstić information content (AvgIpc) is 2.29. The van der Waals surface area contributed by atoms with Gasteiger partial charge in [-0.05, 0) is 30.9 Å². The normalized spacial score (nSPS) is 10.2. The van der Waals surface area contributed by atoms with Gasteiger partial charge in [0.25, 0.3) is 0 Å². The van der Waals surface area contributed by atoms with Crippen LogP contribution < -0.4 is 5.32 Å². The maximum absolute atomic E-state index is 11.6. The van der Waals surface area contributed by atoms with Gasteiger partial charge in [-0.15, -0.1) is 11.6 Å². The number of hydrogen-bond donors (Lipinski definition) is 1. The molecular weight excluding hydrogens is 222 g/mol. The molecule has 1 N–H and O–H groups in total. The Morgan fingerprint density at radius 3 is 2.81 bits per heavy atom. The number of amides is 1. The van der Waals surface area contributed by atoms with Gasteiger partial charge < -0.3 is 5.32 Å². The van der Waals surface area contributed by atoms with E-state index in [0.717, 1.165) is 24.1 Å². The summed E-state index contributed by atoms with van der Waals surface area (Å²) < 4.78 is 0. The predicted octanol–water partition coefficient (Wildman–Crippen LogP) is 3.51. The van der Waals surface area contributed by atoms with E-state index in [4.69, 9.17) is 11.6 Å². The van der Waals surface area contributed by atoms with Crippen molar-refractivity contribution in [2.75, 3.05) is 11.2 Å². The van der Waals surface area contributed by atoms with Crippen molar-refractivity contribution < 1.29 is 4.79 Å². The Morgan fingerprint density at radius 1 is 1.44 bits per heavy atom. The first-order chi connectivity index (χ1) is 7.69. The number of rotatable bonds is 5. The quantitative estimate of drug-likeness (QED) is 0.783. The zero-order chi connectivity index (χ0) is 12.0. The maximum Gasteiger partial charge on any atom is 0.224 e. The van der Waals surface area contributed by atoms with Crippen LogP contribution in [-0.4, -0.2) is 11.8 Å². The van der Waals surface area contributed by atoms with Crippen LogP contribution in [0, 0.1) is 6.92 Å². The van der Waals surface area contributed by atoms with Crippen LogP contribution >= 0.6 is 11.6 Å². The molecule has 1 amide bonds. The lowest BCUT2D eigenvalue weighted by molar-refractivity contribution is -0.116. The van der Waals surface area contributed by atoms with Gasteiger partial charge >= 0.3 is 0 Å². The van der Waals surface area contributed by atoms with E-state index in [1.165, 1.54) is 5.56 Å². The minimum absolute atomic E-state index is 0.0460. The second-order valence-electron chi connectivity index (χ2n) is 3.80. The van der Waals surface area contributed by atoms with Crippen molar-refractivity contribution in [2.24, 2.45) is 0 Å². The lowest BCUT2D eigenvalue weighted by Crippen LogP contribution is -2.13. The molecule has 0 atom stereocenters. The van der Waals surface area contributed by atoms with Crippen molar-refractivity contribution in [3.05, 3.63) is 29.3 Å². The van der Waals surface area contributed by atoms with E-state index in [-0.39, 0.29) is 5.91 Å². The molecule has 0 saturated carbocycles. The zero-order valence-electron chi connectivity index (χ0n) is 9.85. The number of halogens is 1. The Morgan fingerprint density at radius 2 is 2.19 bits per heavy atom. The highest BCUT2D eigenvalue weighted by Gasteiger charge is 2.07. The van der Waals surface area contributed by atoms with Crippen LogP contribution in [0.3, 0.4) is 0 Å². The number of aryl methyl sites for hydroxylation is 2. The first kappa shape index (κ1) is 13.0. The van der Waals surface area contributed by atoms with Gasteiger partial charge in [-0.3, -0.25) is 4.79 Å². The van der Waals surface area contributed by atoms with Gasteiger partial charge in [-0.1, -0.05) is 25.1 Å². The molecule has 0 saturated heterocycles. The number of anilines is 1. The minimum atomic E-state index is 0.0460. The fraction of sp³-hybridized carbons (Fsp3) is 0.462. The lowest BCUT2D eigenvalue weighted by Gasteiger charge is -2.12. The van der Waals surface area contributed by atoms with Crippen molar-refractivity contribution >= 4 is 23.2 Å². The minimum Gasteiger partial charge on any atom is -0.326 e. The Kier molecular flexibility index (Phi) is 5.33. The molecule has 3 heteroatoms. The fourth-order valence-corrected chi connectivity index (χ4v) is 1.76. The third-order valence-corrected chi connectivity index (χ3v) is 2.81. The summed E-state index contributed by atoms with van der Waals surface area (Å²) in [4.78, 5) is 11.6. The monoisotopic (exact) mass is 239 g/mol. The summed E-state index contributed by atoms with van der Waals surface area (Å²) in [5.41, 5.74) is 3.25. The molecule has 2 nitrogen and oxygen atoms in total. The summed E-state index contributed by atoms with van der Waals surface area (Å²) in [5.74, 6) is 0.576. The summed E-state index contributed by atoms with van der Waals surface area (Å²) in [6, 6.07) is 6.07. The van der Waals surface area contributed by atoms with E-state index < -0.39 is 0 Å². The molecule has 0 unspecified atom stereocenters. The molecule has 0 aromatic heterocycles. The van der Waals surface area contributed by atoms with Crippen LogP contribution in [0.2, 0.25) is 0 Å². The van der Waals surface area contributed by atoms with Crippen molar-refractivity contribution in [1.29, 1.82) is 0 Å². The Bertz CT molecular complexity index is 363. The summed E-state index contributed by atoms with van der Waals surface area (Å²) >= 11 is 5.56. The molecule has 0 fully saturated rings. The van der Waals surface area contributed by atoms with Crippen LogP contribution in [0.1, 0.15) is 30.9 Å². The van der Waals surface area contributed by atoms with E-state index >= 15 is 0 Å². The number of para-hydroxylation sites is 1. The van der Waals surface area contributed by atoms with Gasteiger partial charge in [0.05, 0.1) is 0 Å². The summed E-state index contributed by atoms with van der Waals surface area (Å²) in [7, 11) is 0. The molecule has 88 valence electrons. The lowest BCUT2D eigenvalue weighted by atomic mass is 10.1. The highest BCUT2D eigenvalue weighted by molar-refractivity contribution is 6.18. The van der Waals surface area contributed by atoms with Gasteiger partial charge in [0.2, 0.25) is 5.91 Å².